The Labute approximate surface area is 187 Å². The van der Waals surface area contributed by atoms with Gasteiger partial charge in [0.15, 0.2) is 0 Å². The van der Waals surface area contributed by atoms with Crippen LogP contribution in [0.2, 0.25) is 0 Å². The minimum atomic E-state index is -0.724. The van der Waals surface area contributed by atoms with Gasteiger partial charge in [-0.05, 0) is 36.2 Å². The first-order valence-corrected chi connectivity index (χ1v) is 10.6. The summed E-state index contributed by atoms with van der Waals surface area (Å²) in [5.41, 5.74) is -0.379. The minimum absolute atomic E-state index is 0.0184. The fourth-order valence-electron chi connectivity index (χ4n) is 3.97. The summed E-state index contributed by atoms with van der Waals surface area (Å²) in [5.74, 6) is -1.59. The van der Waals surface area contributed by atoms with Crippen molar-refractivity contribution in [3.63, 3.8) is 0 Å². The molecule has 0 aliphatic carbocycles. The van der Waals surface area contributed by atoms with Crippen LogP contribution >= 0.6 is 0 Å². The molecule has 1 aliphatic rings. The number of halogens is 1. The number of amides is 2. The summed E-state index contributed by atoms with van der Waals surface area (Å²) in [6, 6.07) is 10.6. The zero-order chi connectivity index (χ0) is 23.5. The van der Waals surface area contributed by atoms with E-state index in [2.05, 4.69) is 4.98 Å². The molecule has 1 aliphatic heterocycles. The Morgan fingerprint density at radius 2 is 1.88 bits per heavy atom. The van der Waals surface area contributed by atoms with Crippen LogP contribution in [0.15, 0.2) is 52.1 Å². The molecule has 0 saturated carbocycles. The van der Waals surface area contributed by atoms with Crippen molar-refractivity contribution >= 4 is 22.7 Å². The molecule has 3 aromatic rings. The summed E-state index contributed by atoms with van der Waals surface area (Å²) in [5, 5.41) is 9.28. The quantitative estimate of drug-likeness (QED) is 0.564. The van der Waals surface area contributed by atoms with Gasteiger partial charge < -0.3 is 14.9 Å². The van der Waals surface area contributed by atoms with Crippen LogP contribution in [0, 0.1) is 5.82 Å². The Balaban J connectivity index is 1.59. The molecule has 0 radical (unpaired) electrons. The summed E-state index contributed by atoms with van der Waals surface area (Å²) < 4.78 is 15.9. The number of aliphatic hydroxyl groups excluding tert-OH is 1. The number of benzene rings is 2. The Bertz CT molecular complexity index is 1330. The lowest BCUT2D eigenvalue weighted by Crippen LogP contribution is -2.52. The van der Waals surface area contributed by atoms with Crippen molar-refractivity contribution in [3.05, 3.63) is 80.2 Å². The van der Waals surface area contributed by atoms with Gasteiger partial charge >= 0.3 is 5.69 Å². The number of para-hydroxylation sites is 1. The van der Waals surface area contributed by atoms with Crippen molar-refractivity contribution in [1.82, 2.24) is 19.4 Å². The van der Waals surface area contributed by atoms with Gasteiger partial charge in [-0.25, -0.2) is 9.18 Å². The number of aliphatic hydroxyl groups is 1. The third kappa shape index (κ3) is 4.56. The zero-order valence-electron chi connectivity index (χ0n) is 17.8. The van der Waals surface area contributed by atoms with E-state index in [9.17, 15) is 23.6 Å². The topological polar surface area (TPSA) is 116 Å². The highest BCUT2D eigenvalue weighted by Gasteiger charge is 2.28. The van der Waals surface area contributed by atoms with Crippen LogP contribution in [0.4, 0.5) is 4.39 Å². The van der Waals surface area contributed by atoms with Gasteiger partial charge in [0.25, 0.3) is 11.5 Å². The van der Waals surface area contributed by atoms with Gasteiger partial charge in [-0.3, -0.25) is 23.9 Å². The fraction of sp³-hybridized carbons (Fsp3) is 0.304. The van der Waals surface area contributed by atoms with E-state index in [0.29, 0.717) is 36.0 Å². The first kappa shape index (κ1) is 22.4. The number of rotatable bonds is 6. The van der Waals surface area contributed by atoms with Gasteiger partial charge in [0.1, 0.15) is 12.4 Å². The maximum atomic E-state index is 14.6. The predicted octanol–water partition coefficient (Wildman–Crippen LogP) is 0.544. The van der Waals surface area contributed by atoms with Gasteiger partial charge in [-0.2, -0.15) is 0 Å². The molecule has 0 bridgehead atoms. The summed E-state index contributed by atoms with van der Waals surface area (Å²) in [7, 11) is 0. The number of aromatic amines is 1. The maximum absolute atomic E-state index is 14.6. The summed E-state index contributed by atoms with van der Waals surface area (Å²) in [6.45, 7) is 0.790. The van der Waals surface area contributed by atoms with E-state index in [0.717, 1.165) is 6.07 Å². The van der Waals surface area contributed by atoms with Crippen LogP contribution in [0.25, 0.3) is 10.9 Å². The van der Waals surface area contributed by atoms with E-state index in [1.165, 1.54) is 21.6 Å². The average molecular weight is 454 g/mol. The van der Waals surface area contributed by atoms with E-state index in [-0.39, 0.29) is 37.7 Å². The van der Waals surface area contributed by atoms with Crippen LogP contribution in [0.3, 0.4) is 0 Å². The standard InChI is InChI=1S/C23H23FN4O5/c24-18-7-6-15(13-28-19-5-2-1-4-16(19)21(31)25-23(28)33)12-17(18)22(32)27-10-9-26(8-3-11-29)20(30)14-27/h1-2,4-7,12,29H,3,8-11,13-14H2,(H,25,31,33). The second kappa shape index (κ2) is 9.37. The largest absolute Gasteiger partial charge is 0.396 e. The van der Waals surface area contributed by atoms with Crippen LogP contribution in [-0.4, -0.2) is 69.1 Å². The smallest absolute Gasteiger partial charge is 0.329 e. The van der Waals surface area contributed by atoms with E-state index in [1.807, 2.05) is 0 Å². The molecule has 4 rings (SSSR count). The summed E-state index contributed by atoms with van der Waals surface area (Å²) in [4.78, 5) is 54.9. The van der Waals surface area contributed by atoms with Crippen molar-refractivity contribution in [3.8, 4) is 0 Å². The lowest BCUT2D eigenvalue weighted by Gasteiger charge is -2.34. The van der Waals surface area contributed by atoms with Crippen molar-refractivity contribution in [2.24, 2.45) is 0 Å². The minimum Gasteiger partial charge on any atom is -0.396 e. The Morgan fingerprint density at radius 3 is 2.64 bits per heavy atom. The van der Waals surface area contributed by atoms with Gasteiger partial charge in [0.05, 0.1) is 23.0 Å². The lowest BCUT2D eigenvalue weighted by atomic mass is 10.1. The first-order valence-electron chi connectivity index (χ1n) is 10.6. The number of carbonyl (C=O) groups excluding carboxylic acids is 2. The molecule has 33 heavy (non-hydrogen) atoms. The third-order valence-electron chi connectivity index (χ3n) is 5.70. The van der Waals surface area contributed by atoms with Gasteiger partial charge in [0.2, 0.25) is 5.91 Å². The highest BCUT2D eigenvalue weighted by Crippen LogP contribution is 2.17. The van der Waals surface area contributed by atoms with E-state index in [1.54, 1.807) is 29.2 Å². The number of aromatic nitrogens is 2. The monoisotopic (exact) mass is 454 g/mol. The van der Waals surface area contributed by atoms with Gasteiger partial charge in [0, 0.05) is 26.2 Å². The van der Waals surface area contributed by atoms with Crippen LogP contribution in [-0.2, 0) is 11.3 Å². The molecule has 0 spiro atoms. The Kier molecular flexibility index (Phi) is 6.36. The molecule has 2 amide bonds. The fourth-order valence-corrected chi connectivity index (χ4v) is 3.97. The summed E-state index contributed by atoms with van der Waals surface area (Å²) in [6.07, 6.45) is 0.454. The zero-order valence-corrected chi connectivity index (χ0v) is 17.8. The predicted molar refractivity (Wildman–Crippen MR) is 119 cm³/mol. The van der Waals surface area contributed by atoms with E-state index >= 15 is 0 Å². The second-order valence-electron chi connectivity index (χ2n) is 7.86. The van der Waals surface area contributed by atoms with Crippen LogP contribution < -0.4 is 11.2 Å². The number of hydrogen-bond donors (Lipinski definition) is 2. The SMILES string of the molecule is O=C1CN(C(=O)c2cc(Cn3c(=O)[nH]c(=O)c4ccccc43)ccc2F)CCN1CCCO. The molecule has 0 unspecified atom stereocenters. The van der Waals surface area contributed by atoms with Gasteiger partial charge in [-0.15, -0.1) is 0 Å². The molecule has 10 heteroatoms. The Hall–Kier alpha value is -3.79. The van der Waals surface area contributed by atoms with E-state index in [4.69, 9.17) is 5.11 Å². The first-order chi connectivity index (χ1) is 15.9. The average Bonchev–Trinajstić information content (AvgIpc) is 2.81. The number of piperazine rings is 1. The van der Waals surface area contributed by atoms with Crippen molar-refractivity contribution < 1.29 is 19.1 Å². The van der Waals surface area contributed by atoms with Crippen LogP contribution in [0.1, 0.15) is 22.3 Å². The molecule has 2 N–H and O–H groups in total. The normalized spacial score (nSPS) is 14.2. The second-order valence-corrected chi connectivity index (χ2v) is 7.86. The summed E-state index contributed by atoms with van der Waals surface area (Å²) >= 11 is 0. The third-order valence-corrected chi connectivity index (χ3v) is 5.70. The number of H-pyrrole nitrogens is 1. The molecular formula is C23H23FN4O5. The molecular weight excluding hydrogens is 431 g/mol. The molecule has 1 fully saturated rings. The maximum Gasteiger partial charge on any atom is 0.329 e. The Morgan fingerprint density at radius 1 is 1.09 bits per heavy atom. The van der Waals surface area contributed by atoms with Crippen molar-refractivity contribution in [1.29, 1.82) is 0 Å². The van der Waals surface area contributed by atoms with Crippen LogP contribution in [0.5, 0.6) is 0 Å². The number of hydrogen-bond acceptors (Lipinski definition) is 5. The number of carbonyl (C=O) groups is 2. The molecule has 2 heterocycles. The molecule has 9 nitrogen and oxygen atoms in total. The number of nitrogens with one attached hydrogen (secondary N) is 1. The molecule has 2 aromatic carbocycles. The van der Waals surface area contributed by atoms with Crippen molar-refractivity contribution in [2.45, 2.75) is 13.0 Å². The van der Waals surface area contributed by atoms with E-state index < -0.39 is 23.0 Å². The number of fused-ring (bicyclic) bond motifs is 1. The molecule has 172 valence electrons. The lowest BCUT2D eigenvalue weighted by molar-refractivity contribution is -0.135. The molecule has 1 saturated heterocycles. The highest BCUT2D eigenvalue weighted by atomic mass is 19.1. The molecule has 0 atom stereocenters. The van der Waals surface area contributed by atoms with Crippen molar-refractivity contribution in [2.75, 3.05) is 32.8 Å². The van der Waals surface area contributed by atoms with Gasteiger partial charge in [-0.1, -0.05) is 18.2 Å². The highest BCUT2D eigenvalue weighted by molar-refractivity contribution is 5.97. The molecule has 1 aromatic heterocycles. The number of nitrogens with zero attached hydrogens (tertiary/aromatic N) is 3.